The Morgan fingerprint density at radius 2 is 2.17 bits per heavy atom. The molecule has 0 saturated carbocycles. The summed E-state index contributed by atoms with van der Waals surface area (Å²) in [6.45, 7) is -0.0495. The summed E-state index contributed by atoms with van der Waals surface area (Å²) in [5.74, 6) is -1.07. The molecule has 0 aliphatic carbocycles. The van der Waals surface area contributed by atoms with Crippen molar-refractivity contribution in [2.75, 3.05) is 13.2 Å². The average Bonchev–Trinajstić information content (AvgIpc) is 2.43. The molecule has 2 fully saturated rings. The molecule has 0 unspecified atom stereocenters. The molecular formula is C7H12O5. The fourth-order valence-corrected chi connectivity index (χ4v) is 1.69. The van der Waals surface area contributed by atoms with Gasteiger partial charge in [0.2, 0.25) is 0 Å². The minimum atomic E-state index is -1.07. The zero-order valence-electron chi connectivity index (χ0n) is 6.51. The van der Waals surface area contributed by atoms with Gasteiger partial charge in [-0.1, -0.05) is 0 Å². The van der Waals surface area contributed by atoms with E-state index in [2.05, 4.69) is 0 Å². The van der Waals surface area contributed by atoms with Crippen LogP contribution in [-0.4, -0.2) is 52.6 Å². The van der Waals surface area contributed by atoms with Gasteiger partial charge < -0.3 is 24.8 Å². The van der Waals surface area contributed by atoms with Gasteiger partial charge in [0.15, 0.2) is 5.79 Å². The molecule has 2 aliphatic heterocycles. The molecule has 12 heavy (non-hydrogen) atoms. The summed E-state index contributed by atoms with van der Waals surface area (Å²) < 4.78 is 10.4. The molecule has 2 aliphatic rings. The standard InChI is InChI=1S/C7H12O5/c8-3-7-1-4(9)6(10)5(12-7)2-11-7/h4-6,8-10H,1-3H2/t4-,5-,6+,7+/m1/s1. The van der Waals surface area contributed by atoms with Crippen LogP contribution in [0.2, 0.25) is 0 Å². The van der Waals surface area contributed by atoms with Gasteiger partial charge in [0.25, 0.3) is 0 Å². The molecule has 70 valence electrons. The van der Waals surface area contributed by atoms with Gasteiger partial charge in [-0.05, 0) is 0 Å². The van der Waals surface area contributed by atoms with Gasteiger partial charge in [0.05, 0.1) is 19.3 Å². The van der Waals surface area contributed by atoms with E-state index < -0.39 is 24.1 Å². The highest BCUT2D eigenvalue weighted by Gasteiger charge is 2.52. The van der Waals surface area contributed by atoms with E-state index in [-0.39, 0.29) is 19.6 Å². The first kappa shape index (κ1) is 8.40. The van der Waals surface area contributed by atoms with Crippen molar-refractivity contribution in [3.05, 3.63) is 0 Å². The van der Waals surface area contributed by atoms with Crippen molar-refractivity contribution in [3.63, 3.8) is 0 Å². The smallest absolute Gasteiger partial charge is 0.194 e. The average molecular weight is 176 g/mol. The van der Waals surface area contributed by atoms with Crippen LogP contribution >= 0.6 is 0 Å². The first-order valence-electron chi connectivity index (χ1n) is 3.96. The first-order chi connectivity index (χ1) is 5.67. The third kappa shape index (κ3) is 1.06. The van der Waals surface area contributed by atoms with Crippen LogP contribution in [0.25, 0.3) is 0 Å². The summed E-state index contributed by atoms with van der Waals surface area (Å²) in [4.78, 5) is 0. The summed E-state index contributed by atoms with van der Waals surface area (Å²) in [7, 11) is 0. The Balaban J connectivity index is 2.16. The molecule has 2 saturated heterocycles. The number of rotatable bonds is 1. The molecule has 2 heterocycles. The summed E-state index contributed by atoms with van der Waals surface area (Å²) in [5, 5.41) is 27.6. The fraction of sp³-hybridized carbons (Fsp3) is 1.00. The van der Waals surface area contributed by atoms with Crippen molar-refractivity contribution in [2.24, 2.45) is 0 Å². The lowest BCUT2D eigenvalue weighted by Crippen LogP contribution is -2.51. The maximum absolute atomic E-state index is 9.34. The third-order valence-electron chi connectivity index (χ3n) is 2.41. The summed E-state index contributed by atoms with van der Waals surface area (Å²) >= 11 is 0. The SMILES string of the molecule is OC[C@@]12C[C@@H](O)[C@H](O)[C@@H](CO1)O2. The van der Waals surface area contributed by atoms with Gasteiger partial charge in [-0.2, -0.15) is 0 Å². The predicted molar refractivity (Wildman–Crippen MR) is 37.3 cm³/mol. The number of fused-ring (bicyclic) bond motifs is 2. The molecule has 4 atom stereocenters. The van der Waals surface area contributed by atoms with Gasteiger partial charge >= 0.3 is 0 Å². The topological polar surface area (TPSA) is 79.2 Å². The van der Waals surface area contributed by atoms with Gasteiger partial charge in [0, 0.05) is 6.42 Å². The van der Waals surface area contributed by atoms with Crippen molar-refractivity contribution in [1.82, 2.24) is 0 Å². The summed E-state index contributed by atoms with van der Waals surface area (Å²) in [6.07, 6.45) is -2.13. The van der Waals surface area contributed by atoms with Crippen LogP contribution in [0.3, 0.4) is 0 Å². The molecule has 5 heteroatoms. The maximum atomic E-state index is 9.34. The van der Waals surface area contributed by atoms with E-state index in [1.165, 1.54) is 0 Å². The first-order valence-corrected chi connectivity index (χ1v) is 3.96. The lowest BCUT2D eigenvalue weighted by atomic mass is 9.98. The second-order valence-electron chi connectivity index (χ2n) is 3.30. The van der Waals surface area contributed by atoms with Crippen molar-refractivity contribution in [1.29, 1.82) is 0 Å². The lowest BCUT2D eigenvalue weighted by Gasteiger charge is -2.35. The van der Waals surface area contributed by atoms with E-state index in [0.717, 1.165) is 0 Å². The molecule has 0 aromatic carbocycles. The van der Waals surface area contributed by atoms with E-state index in [1.54, 1.807) is 0 Å². The minimum Gasteiger partial charge on any atom is -0.391 e. The van der Waals surface area contributed by atoms with Crippen LogP contribution in [0.15, 0.2) is 0 Å². The van der Waals surface area contributed by atoms with E-state index in [1.807, 2.05) is 0 Å². The highest BCUT2D eigenvalue weighted by atomic mass is 16.8. The maximum Gasteiger partial charge on any atom is 0.194 e. The molecule has 0 radical (unpaired) electrons. The number of hydrogen-bond donors (Lipinski definition) is 3. The molecule has 2 rings (SSSR count). The largest absolute Gasteiger partial charge is 0.391 e. The molecule has 0 spiro atoms. The van der Waals surface area contributed by atoms with Crippen molar-refractivity contribution < 1.29 is 24.8 Å². The zero-order valence-corrected chi connectivity index (χ0v) is 6.51. The van der Waals surface area contributed by atoms with E-state index in [0.29, 0.717) is 0 Å². The van der Waals surface area contributed by atoms with Crippen LogP contribution < -0.4 is 0 Å². The Kier molecular flexibility index (Phi) is 1.85. The van der Waals surface area contributed by atoms with Crippen molar-refractivity contribution in [3.8, 4) is 0 Å². The van der Waals surface area contributed by atoms with Crippen LogP contribution in [0.5, 0.6) is 0 Å². The van der Waals surface area contributed by atoms with Gasteiger partial charge in [0.1, 0.15) is 12.2 Å². The Morgan fingerprint density at radius 1 is 1.42 bits per heavy atom. The van der Waals surface area contributed by atoms with Gasteiger partial charge in [-0.3, -0.25) is 0 Å². The molecule has 3 N–H and O–H groups in total. The van der Waals surface area contributed by atoms with Crippen LogP contribution in [-0.2, 0) is 9.47 Å². The monoisotopic (exact) mass is 176 g/mol. The normalized spacial score (nSPS) is 52.8. The molecule has 0 aromatic heterocycles. The van der Waals surface area contributed by atoms with Crippen LogP contribution in [0.1, 0.15) is 6.42 Å². The second-order valence-corrected chi connectivity index (χ2v) is 3.30. The Morgan fingerprint density at radius 3 is 2.83 bits per heavy atom. The highest BCUT2D eigenvalue weighted by Crippen LogP contribution is 2.36. The number of aliphatic hydroxyl groups excluding tert-OH is 3. The molecule has 0 aromatic rings. The zero-order chi connectivity index (χ0) is 8.77. The quantitative estimate of drug-likeness (QED) is 0.440. The lowest BCUT2D eigenvalue weighted by molar-refractivity contribution is -0.251. The van der Waals surface area contributed by atoms with Crippen LogP contribution in [0, 0.1) is 0 Å². The third-order valence-corrected chi connectivity index (χ3v) is 2.41. The van der Waals surface area contributed by atoms with Gasteiger partial charge in [-0.25, -0.2) is 0 Å². The minimum absolute atomic E-state index is 0.126. The Hall–Kier alpha value is -0.200. The summed E-state index contributed by atoms with van der Waals surface area (Å²) in [6, 6.07) is 0. The van der Waals surface area contributed by atoms with Crippen molar-refractivity contribution >= 4 is 0 Å². The summed E-state index contributed by atoms with van der Waals surface area (Å²) in [5.41, 5.74) is 0. The molecule has 2 bridgehead atoms. The Labute approximate surface area is 69.5 Å². The molecule has 0 amide bonds. The van der Waals surface area contributed by atoms with Crippen molar-refractivity contribution in [2.45, 2.75) is 30.5 Å². The second kappa shape index (κ2) is 2.65. The fourth-order valence-electron chi connectivity index (χ4n) is 1.69. The Bertz CT molecular complexity index is 185. The highest BCUT2D eigenvalue weighted by molar-refractivity contribution is 4.94. The number of aliphatic hydroxyl groups is 3. The van der Waals surface area contributed by atoms with Gasteiger partial charge in [-0.15, -0.1) is 0 Å². The predicted octanol–water partition coefficient (Wildman–Crippen LogP) is -1.78. The van der Waals surface area contributed by atoms with Crippen LogP contribution in [0.4, 0.5) is 0 Å². The van der Waals surface area contributed by atoms with E-state index in [9.17, 15) is 10.2 Å². The van der Waals surface area contributed by atoms with E-state index in [4.69, 9.17) is 14.6 Å². The van der Waals surface area contributed by atoms with E-state index >= 15 is 0 Å². The molecule has 5 nitrogen and oxygen atoms in total. The number of ether oxygens (including phenoxy) is 2. The number of hydrogen-bond acceptors (Lipinski definition) is 5. The molecular weight excluding hydrogens is 164 g/mol.